The van der Waals surface area contributed by atoms with Crippen molar-refractivity contribution in [2.24, 2.45) is 5.92 Å². The molecule has 1 N–H and O–H groups in total. The van der Waals surface area contributed by atoms with Gasteiger partial charge in [-0.25, -0.2) is 0 Å². The zero-order valence-electron chi connectivity index (χ0n) is 9.39. The van der Waals surface area contributed by atoms with Crippen LogP contribution in [0.1, 0.15) is 20.8 Å². The van der Waals surface area contributed by atoms with E-state index in [1.807, 2.05) is 0 Å². The Morgan fingerprint density at radius 2 is 2.29 bits per heavy atom. The van der Waals surface area contributed by atoms with Crippen molar-refractivity contribution in [3.63, 3.8) is 0 Å². The topological polar surface area (TPSA) is 15.3 Å². The highest BCUT2D eigenvalue weighted by molar-refractivity contribution is 6.29. The summed E-state index contributed by atoms with van der Waals surface area (Å²) in [6.45, 7) is 13.4. The van der Waals surface area contributed by atoms with Crippen LogP contribution in [-0.2, 0) is 0 Å². The molecule has 0 aromatic rings. The van der Waals surface area contributed by atoms with Crippen LogP contribution in [0.25, 0.3) is 0 Å². The maximum Gasteiger partial charge on any atom is 0.0339 e. The minimum Gasteiger partial charge on any atom is -0.311 e. The van der Waals surface area contributed by atoms with Gasteiger partial charge in [0.05, 0.1) is 0 Å². The summed E-state index contributed by atoms with van der Waals surface area (Å²) in [7, 11) is 0. The van der Waals surface area contributed by atoms with Crippen LogP contribution in [0.3, 0.4) is 0 Å². The van der Waals surface area contributed by atoms with Gasteiger partial charge >= 0.3 is 0 Å². The molecule has 14 heavy (non-hydrogen) atoms. The molecular formula is C11H21ClN2. The van der Waals surface area contributed by atoms with Crippen molar-refractivity contribution in [3.8, 4) is 0 Å². The third-order valence-electron chi connectivity index (χ3n) is 2.91. The third kappa shape index (κ3) is 3.26. The maximum absolute atomic E-state index is 5.85. The molecule has 1 saturated heterocycles. The van der Waals surface area contributed by atoms with Gasteiger partial charge in [0, 0.05) is 36.8 Å². The first kappa shape index (κ1) is 12.0. The number of nitrogens with one attached hydrogen (secondary N) is 1. The first-order chi connectivity index (χ1) is 6.50. The molecule has 0 radical (unpaired) electrons. The van der Waals surface area contributed by atoms with Crippen molar-refractivity contribution in [2.75, 3.05) is 19.6 Å². The fraction of sp³-hybridized carbons (Fsp3) is 0.818. The van der Waals surface area contributed by atoms with Gasteiger partial charge in [-0.3, -0.25) is 4.90 Å². The molecule has 0 amide bonds. The Morgan fingerprint density at radius 1 is 1.64 bits per heavy atom. The van der Waals surface area contributed by atoms with E-state index >= 15 is 0 Å². The summed E-state index contributed by atoms with van der Waals surface area (Å²) in [5.74, 6) is 0.675. The van der Waals surface area contributed by atoms with Crippen molar-refractivity contribution >= 4 is 11.6 Å². The predicted octanol–water partition coefficient (Wildman–Crippen LogP) is 2.06. The SMILES string of the molecule is C=C(Cl)CN1CC(C(C)C)NCC1C. The van der Waals surface area contributed by atoms with Gasteiger partial charge in [0.15, 0.2) is 0 Å². The van der Waals surface area contributed by atoms with Crippen LogP contribution in [0.4, 0.5) is 0 Å². The van der Waals surface area contributed by atoms with Crippen LogP contribution in [-0.4, -0.2) is 36.6 Å². The Balaban J connectivity index is 2.50. The molecule has 1 rings (SSSR count). The van der Waals surface area contributed by atoms with Gasteiger partial charge in [0.25, 0.3) is 0 Å². The maximum atomic E-state index is 5.85. The molecule has 0 saturated carbocycles. The number of halogens is 1. The molecule has 0 aromatic carbocycles. The molecule has 2 unspecified atom stereocenters. The van der Waals surface area contributed by atoms with E-state index in [-0.39, 0.29) is 0 Å². The lowest BCUT2D eigenvalue weighted by molar-refractivity contribution is 0.136. The minimum atomic E-state index is 0.556. The summed E-state index contributed by atoms with van der Waals surface area (Å²) >= 11 is 5.85. The summed E-state index contributed by atoms with van der Waals surface area (Å²) in [4.78, 5) is 2.40. The number of nitrogens with zero attached hydrogens (tertiary/aromatic N) is 1. The van der Waals surface area contributed by atoms with Gasteiger partial charge in [-0.15, -0.1) is 0 Å². The summed E-state index contributed by atoms with van der Waals surface area (Å²) in [6, 6.07) is 1.14. The predicted molar refractivity (Wildman–Crippen MR) is 62.7 cm³/mol. The van der Waals surface area contributed by atoms with E-state index in [1.54, 1.807) is 0 Å². The molecule has 0 bridgehead atoms. The molecule has 1 aliphatic rings. The Kier molecular flexibility index (Phi) is 4.42. The van der Waals surface area contributed by atoms with E-state index in [0.717, 1.165) is 24.7 Å². The Bertz CT molecular complexity index is 203. The average molecular weight is 217 g/mol. The van der Waals surface area contributed by atoms with E-state index in [9.17, 15) is 0 Å². The first-order valence-electron chi connectivity index (χ1n) is 5.31. The minimum absolute atomic E-state index is 0.556. The molecule has 2 nitrogen and oxygen atoms in total. The summed E-state index contributed by atoms with van der Waals surface area (Å²) in [6.07, 6.45) is 0. The van der Waals surface area contributed by atoms with Crippen LogP contribution in [0, 0.1) is 5.92 Å². The second kappa shape index (κ2) is 5.15. The summed E-state index contributed by atoms with van der Waals surface area (Å²) in [5.41, 5.74) is 0. The van der Waals surface area contributed by atoms with Gasteiger partial charge in [-0.1, -0.05) is 32.0 Å². The van der Waals surface area contributed by atoms with Crippen LogP contribution >= 0.6 is 11.6 Å². The highest BCUT2D eigenvalue weighted by Crippen LogP contribution is 2.14. The molecule has 1 aliphatic heterocycles. The first-order valence-corrected chi connectivity index (χ1v) is 5.69. The molecule has 1 fully saturated rings. The fourth-order valence-corrected chi connectivity index (χ4v) is 1.99. The Hall–Kier alpha value is -0.0500. The van der Waals surface area contributed by atoms with Crippen molar-refractivity contribution in [1.82, 2.24) is 10.2 Å². The van der Waals surface area contributed by atoms with Crippen LogP contribution in [0.2, 0.25) is 0 Å². The second-order valence-electron chi connectivity index (χ2n) is 4.55. The van der Waals surface area contributed by atoms with Crippen LogP contribution in [0.15, 0.2) is 11.6 Å². The third-order valence-corrected chi connectivity index (χ3v) is 3.03. The smallest absolute Gasteiger partial charge is 0.0339 e. The Labute approximate surface area is 92.3 Å². The molecule has 0 aromatic heterocycles. The van der Waals surface area contributed by atoms with E-state index in [0.29, 0.717) is 18.0 Å². The second-order valence-corrected chi connectivity index (χ2v) is 5.09. The van der Waals surface area contributed by atoms with Crippen molar-refractivity contribution in [2.45, 2.75) is 32.9 Å². The number of rotatable bonds is 3. The van der Waals surface area contributed by atoms with E-state index in [4.69, 9.17) is 11.6 Å². The molecule has 82 valence electrons. The largest absolute Gasteiger partial charge is 0.311 e. The number of hydrogen-bond donors (Lipinski definition) is 1. The highest BCUT2D eigenvalue weighted by atomic mass is 35.5. The zero-order valence-corrected chi connectivity index (χ0v) is 10.1. The molecule has 0 spiro atoms. The Morgan fingerprint density at radius 3 is 2.79 bits per heavy atom. The molecule has 3 heteroatoms. The molecular weight excluding hydrogens is 196 g/mol. The number of hydrogen-bond acceptors (Lipinski definition) is 2. The molecule has 0 aliphatic carbocycles. The van der Waals surface area contributed by atoms with Gasteiger partial charge in [0.2, 0.25) is 0 Å². The summed E-state index contributed by atoms with van der Waals surface area (Å²) < 4.78 is 0. The van der Waals surface area contributed by atoms with Crippen LogP contribution < -0.4 is 5.32 Å². The lowest BCUT2D eigenvalue weighted by Crippen LogP contribution is -2.57. The monoisotopic (exact) mass is 216 g/mol. The van der Waals surface area contributed by atoms with E-state index in [1.165, 1.54) is 0 Å². The quantitative estimate of drug-likeness (QED) is 0.777. The van der Waals surface area contributed by atoms with Gasteiger partial charge in [0.1, 0.15) is 0 Å². The van der Waals surface area contributed by atoms with Gasteiger partial charge < -0.3 is 5.32 Å². The normalized spacial score (nSPS) is 29.5. The van der Waals surface area contributed by atoms with Gasteiger partial charge in [-0.2, -0.15) is 0 Å². The van der Waals surface area contributed by atoms with Crippen molar-refractivity contribution in [1.29, 1.82) is 0 Å². The average Bonchev–Trinajstić information content (AvgIpc) is 2.07. The summed E-state index contributed by atoms with van der Waals surface area (Å²) in [5, 5.41) is 4.29. The molecule has 1 heterocycles. The number of piperazine rings is 1. The standard InChI is InChI=1S/C11H21ClN2/c1-8(2)11-7-14(6-9(3)12)10(4)5-13-11/h8,10-11,13H,3,5-7H2,1-2,4H3. The van der Waals surface area contributed by atoms with E-state index in [2.05, 4.69) is 37.6 Å². The lowest BCUT2D eigenvalue weighted by Gasteiger charge is -2.40. The lowest BCUT2D eigenvalue weighted by atomic mass is 10.00. The van der Waals surface area contributed by atoms with Crippen LogP contribution in [0.5, 0.6) is 0 Å². The van der Waals surface area contributed by atoms with Crippen molar-refractivity contribution < 1.29 is 0 Å². The van der Waals surface area contributed by atoms with Crippen molar-refractivity contribution in [3.05, 3.63) is 11.6 Å². The zero-order chi connectivity index (χ0) is 10.7. The van der Waals surface area contributed by atoms with E-state index < -0.39 is 0 Å². The fourth-order valence-electron chi connectivity index (χ4n) is 1.84. The molecule has 2 atom stereocenters. The highest BCUT2D eigenvalue weighted by Gasteiger charge is 2.26. The van der Waals surface area contributed by atoms with Gasteiger partial charge in [-0.05, 0) is 12.8 Å².